The van der Waals surface area contributed by atoms with Crippen molar-refractivity contribution in [3.05, 3.63) is 78.5 Å². The third-order valence-corrected chi connectivity index (χ3v) is 8.95. The Labute approximate surface area is 280 Å². The van der Waals surface area contributed by atoms with Crippen LogP contribution in [0.15, 0.2) is 66.9 Å². The molecule has 1 atom stereocenters. The summed E-state index contributed by atoms with van der Waals surface area (Å²) in [6, 6.07) is 13.7. The maximum absolute atomic E-state index is 15.2. The fourth-order valence-electron chi connectivity index (χ4n) is 4.77. The first-order valence-corrected chi connectivity index (χ1v) is 16.4. The normalized spacial score (nSPS) is 13.9. The van der Waals surface area contributed by atoms with E-state index in [-0.39, 0.29) is 22.5 Å². The smallest absolute Gasteiger partial charge is 0.240 e. The Morgan fingerprint density at radius 1 is 0.917 bits per heavy atom. The van der Waals surface area contributed by atoms with Gasteiger partial charge in [0.05, 0.1) is 25.3 Å². The number of fused-ring (bicyclic) bond motifs is 1. The maximum atomic E-state index is 15.2. The molecule has 1 heterocycles. The third-order valence-electron chi connectivity index (χ3n) is 7.90. The number of aromatic nitrogens is 1. The molecule has 0 bridgehead atoms. The summed E-state index contributed by atoms with van der Waals surface area (Å²) in [5.74, 6) is -0.544. The number of amides is 2. The number of carbonyl (C=O) groups excluding carboxylic acids is 3. The van der Waals surface area contributed by atoms with Gasteiger partial charge in [-0.1, -0.05) is 25.6 Å². The number of hydrogen-bond acceptors (Lipinski definition) is 9. The lowest BCUT2D eigenvalue weighted by atomic mass is 10.0. The van der Waals surface area contributed by atoms with E-state index in [1.165, 1.54) is 61.5 Å². The predicted octanol–water partition coefficient (Wildman–Crippen LogP) is 6.68. The van der Waals surface area contributed by atoms with E-state index in [9.17, 15) is 18.8 Å². The summed E-state index contributed by atoms with van der Waals surface area (Å²) in [6.45, 7) is 4.15. The van der Waals surface area contributed by atoms with Crippen LogP contribution in [0.25, 0.3) is 10.9 Å². The van der Waals surface area contributed by atoms with Gasteiger partial charge in [-0.05, 0) is 73.7 Å². The number of pyridine rings is 1. The standard InChI is InChI=1S/C35H36F2N4O6S/c1-20(2)31(38)32(42)48-16-4-15-46-30-19-26-24(18-29(30)45-3)27(11-14-39-26)47-28-10-9-23(17-25(28)37)41-34(44)35(12-13-35)33(43)40-22-7-5-21(36)6-8-22/h5-11,14,17-20,31H,4,12-13,15-16,38H2,1-3H3,(H,40,43)(H,41,44). The number of benzene rings is 3. The van der Waals surface area contributed by atoms with Crippen molar-refractivity contribution in [3.63, 3.8) is 0 Å². The van der Waals surface area contributed by atoms with Crippen molar-refractivity contribution in [2.45, 2.75) is 39.2 Å². The summed E-state index contributed by atoms with van der Waals surface area (Å²) in [6.07, 6.45) is 2.79. The fourth-order valence-corrected chi connectivity index (χ4v) is 5.70. The van der Waals surface area contributed by atoms with Gasteiger partial charge in [0.25, 0.3) is 0 Å². The van der Waals surface area contributed by atoms with Crippen LogP contribution < -0.4 is 30.6 Å². The number of nitrogens with zero attached hydrogens (tertiary/aromatic N) is 1. The summed E-state index contributed by atoms with van der Waals surface area (Å²) in [4.78, 5) is 42.4. The molecular weight excluding hydrogens is 642 g/mol. The van der Waals surface area contributed by atoms with Crippen LogP contribution >= 0.6 is 11.8 Å². The van der Waals surface area contributed by atoms with E-state index >= 15 is 4.39 Å². The van der Waals surface area contributed by atoms with Crippen LogP contribution in [-0.4, -0.2) is 47.4 Å². The molecule has 5 rings (SSSR count). The second-order valence-corrected chi connectivity index (χ2v) is 12.8. The van der Waals surface area contributed by atoms with Crippen molar-refractivity contribution in [1.82, 2.24) is 4.98 Å². The molecule has 1 aromatic heterocycles. The molecule has 13 heteroatoms. The molecule has 0 saturated heterocycles. The lowest BCUT2D eigenvalue weighted by Gasteiger charge is -2.16. The fraction of sp³-hybridized carbons (Fsp3) is 0.314. The van der Waals surface area contributed by atoms with E-state index in [0.29, 0.717) is 65.5 Å². The predicted molar refractivity (Wildman–Crippen MR) is 180 cm³/mol. The van der Waals surface area contributed by atoms with Gasteiger partial charge in [0, 0.05) is 40.8 Å². The van der Waals surface area contributed by atoms with Crippen molar-refractivity contribution in [2.75, 3.05) is 30.1 Å². The van der Waals surface area contributed by atoms with Crippen LogP contribution in [0.5, 0.6) is 23.0 Å². The minimum atomic E-state index is -1.29. The van der Waals surface area contributed by atoms with E-state index in [2.05, 4.69) is 15.6 Å². The van der Waals surface area contributed by atoms with Crippen molar-refractivity contribution < 1.29 is 37.4 Å². The molecule has 3 aromatic carbocycles. The van der Waals surface area contributed by atoms with E-state index < -0.39 is 34.9 Å². The highest BCUT2D eigenvalue weighted by molar-refractivity contribution is 8.13. The number of anilines is 2. The van der Waals surface area contributed by atoms with Gasteiger partial charge in [0.1, 0.15) is 17.0 Å². The highest BCUT2D eigenvalue weighted by Gasteiger charge is 2.56. The van der Waals surface area contributed by atoms with E-state index in [0.717, 1.165) is 6.07 Å². The number of carbonyl (C=O) groups is 3. The number of nitrogens with one attached hydrogen (secondary N) is 2. The highest BCUT2D eigenvalue weighted by atomic mass is 32.2. The number of ether oxygens (including phenoxy) is 3. The first-order chi connectivity index (χ1) is 23.0. The van der Waals surface area contributed by atoms with Crippen molar-refractivity contribution in [3.8, 4) is 23.0 Å². The molecule has 1 aliphatic carbocycles. The number of rotatable bonds is 14. The van der Waals surface area contributed by atoms with Gasteiger partial charge in [0.15, 0.2) is 23.1 Å². The summed E-state index contributed by atoms with van der Waals surface area (Å²) < 4.78 is 45.8. The van der Waals surface area contributed by atoms with Crippen molar-refractivity contribution in [1.29, 1.82) is 0 Å². The number of hydrogen-bond donors (Lipinski definition) is 3. The van der Waals surface area contributed by atoms with Gasteiger partial charge in [-0.2, -0.15) is 0 Å². The molecule has 48 heavy (non-hydrogen) atoms. The minimum absolute atomic E-state index is 0.0449. The number of nitrogens with two attached hydrogens (primary N) is 1. The van der Waals surface area contributed by atoms with Gasteiger partial charge in [-0.3, -0.25) is 19.4 Å². The Balaban J connectivity index is 1.22. The Kier molecular flexibility index (Phi) is 10.8. The van der Waals surface area contributed by atoms with E-state index in [1.54, 1.807) is 18.2 Å². The SMILES string of the molecule is COc1cc2c(Oc3ccc(NC(=O)C4(C(=O)Nc5ccc(F)cc5)CC4)cc3F)ccnc2cc1OCCCSC(=O)C(N)C(C)C. The lowest BCUT2D eigenvalue weighted by Crippen LogP contribution is -2.35. The van der Waals surface area contributed by atoms with Gasteiger partial charge in [0.2, 0.25) is 16.9 Å². The van der Waals surface area contributed by atoms with Crippen LogP contribution in [0, 0.1) is 23.0 Å². The molecule has 0 spiro atoms. The first-order valence-electron chi connectivity index (χ1n) is 15.4. The molecule has 0 aliphatic heterocycles. The summed E-state index contributed by atoms with van der Waals surface area (Å²) in [5.41, 5.74) is 5.65. The maximum Gasteiger partial charge on any atom is 0.240 e. The van der Waals surface area contributed by atoms with Gasteiger partial charge < -0.3 is 30.6 Å². The zero-order valence-corrected chi connectivity index (χ0v) is 27.5. The second-order valence-electron chi connectivity index (χ2n) is 11.7. The highest BCUT2D eigenvalue weighted by Crippen LogP contribution is 2.47. The molecule has 1 unspecified atom stereocenters. The Bertz CT molecular complexity index is 1820. The third kappa shape index (κ3) is 8.03. The average Bonchev–Trinajstić information content (AvgIpc) is 3.89. The minimum Gasteiger partial charge on any atom is -0.493 e. The molecule has 0 radical (unpaired) electrons. The summed E-state index contributed by atoms with van der Waals surface area (Å²) in [7, 11) is 1.50. The molecule has 1 saturated carbocycles. The van der Waals surface area contributed by atoms with E-state index in [1.807, 2.05) is 13.8 Å². The largest absolute Gasteiger partial charge is 0.493 e. The topological polar surface area (TPSA) is 142 Å². The molecule has 252 valence electrons. The summed E-state index contributed by atoms with van der Waals surface area (Å²) in [5, 5.41) is 5.76. The second kappa shape index (κ2) is 15.0. The van der Waals surface area contributed by atoms with E-state index in [4.69, 9.17) is 19.9 Å². The molecular formula is C35H36F2N4O6S. The molecule has 1 fully saturated rings. The van der Waals surface area contributed by atoms with Gasteiger partial charge in [-0.25, -0.2) is 8.78 Å². The molecule has 2 amide bonds. The molecule has 10 nitrogen and oxygen atoms in total. The molecule has 1 aliphatic rings. The Morgan fingerprint density at radius 2 is 1.60 bits per heavy atom. The molecule has 4 N–H and O–H groups in total. The van der Waals surface area contributed by atoms with Gasteiger partial charge in [-0.15, -0.1) is 0 Å². The average molecular weight is 679 g/mol. The zero-order valence-electron chi connectivity index (χ0n) is 26.7. The molecule has 4 aromatic rings. The Morgan fingerprint density at radius 3 is 2.25 bits per heavy atom. The Hall–Kier alpha value is -4.75. The number of halogens is 2. The number of methoxy groups -OCH3 is 1. The summed E-state index contributed by atoms with van der Waals surface area (Å²) >= 11 is 1.19. The van der Waals surface area contributed by atoms with Crippen LogP contribution in [0.1, 0.15) is 33.1 Å². The van der Waals surface area contributed by atoms with Gasteiger partial charge >= 0.3 is 0 Å². The zero-order chi connectivity index (χ0) is 34.4. The lowest BCUT2D eigenvalue weighted by molar-refractivity contribution is -0.131. The monoisotopic (exact) mass is 678 g/mol. The first kappa shape index (κ1) is 34.6. The van der Waals surface area contributed by atoms with Crippen molar-refractivity contribution in [2.24, 2.45) is 17.1 Å². The van der Waals surface area contributed by atoms with Crippen LogP contribution in [0.2, 0.25) is 0 Å². The van der Waals surface area contributed by atoms with Crippen LogP contribution in [0.3, 0.4) is 0 Å². The quantitative estimate of drug-likeness (QED) is 0.0983. The van der Waals surface area contributed by atoms with Crippen LogP contribution in [-0.2, 0) is 14.4 Å². The van der Waals surface area contributed by atoms with Crippen LogP contribution in [0.4, 0.5) is 20.2 Å². The van der Waals surface area contributed by atoms with Crippen molar-refractivity contribution >= 4 is 51.0 Å². The number of thioether (sulfide) groups is 1.